The molecule has 6 heteroatoms. The van der Waals surface area contributed by atoms with Gasteiger partial charge in [0.2, 0.25) is 0 Å². The monoisotopic (exact) mass is 280 g/mol. The molecule has 1 aromatic heterocycles. The van der Waals surface area contributed by atoms with E-state index in [1.165, 1.54) is 30.6 Å². The molecule has 0 radical (unpaired) electrons. The Morgan fingerprint density at radius 1 is 1.53 bits per heavy atom. The van der Waals surface area contributed by atoms with Gasteiger partial charge in [-0.3, -0.25) is 0 Å². The Morgan fingerprint density at radius 2 is 2.32 bits per heavy atom. The summed E-state index contributed by atoms with van der Waals surface area (Å²) in [4.78, 5) is 17.4. The largest absolute Gasteiger partial charge is 0.464 e. The Kier molecular flexibility index (Phi) is 4.11. The topological polar surface area (TPSA) is 42.4 Å². The number of carbonyl (C=O) groups excluding carboxylic acids is 1. The number of esters is 1. The maximum Gasteiger partial charge on any atom is 0.357 e. The van der Waals surface area contributed by atoms with E-state index >= 15 is 0 Å². The second-order valence-electron chi connectivity index (χ2n) is 3.73. The van der Waals surface area contributed by atoms with Crippen LogP contribution in [0.1, 0.15) is 17.4 Å². The Bertz CT molecular complexity index is 586. The van der Waals surface area contributed by atoms with E-state index in [1.807, 2.05) is 11.8 Å². The number of ether oxygens (including phenoxy) is 1. The predicted molar refractivity (Wildman–Crippen MR) is 72.5 cm³/mol. The van der Waals surface area contributed by atoms with Crippen LogP contribution < -0.4 is 4.90 Å². The number of benzene rings is 1. The van der Waals surface area contributed by atoms with Crippen LogP contribution in [0.15, 0.2) is 29.6 Å². The maximum atomic E-state index is 13.2. The number of anilines is 2. The molecule has 100 valence electrons. The van der Waals surface area contributed by atoms with E-state index in [1.54, 1.807) is 17.5 Å². The normalized spacial score (nSPS) is 10.3. The summed E-state index contributed by atoms with van der Waals surface area (Å²) in [5.41, 5.74) is 0.964. The molecule has 0 atom stereocenters. The first-order valence-electron chi connectivity index (χ1n) is 5.72. The number of hydrogen-bond donors (Lipinski definition) is 0. The van der Waals surface area contributed by atoms with Crippen LogP contribution in [0.3, 0.4) is 0 Å². The van der Waals surface area contributed by atoms with E-state index in [-0.39, 0.29) is 11.5 Å². The third kappa shape index (κ3) is 2.90. The zero-order valence-corrected chi connectivity index (χ0v) is 11.4. The van der Waals surface area contributed by atoms with Crippen molar-refractivity contribution < 1.29 is 13.9 Å². The van der Waals surface area contributed by atoms with E-state index in [4.69, 9.17) is 0 Å². The molecular formula is C13H13FN2O2S. The molecule has 0 bridgehead atoms. The average molecular weight is 280 g/mol. The Balaban J connectivity index is 2.32. The van der Waals surface area contributed by atoms with Crippen molar-refractivity contribution in [3.05, 3.63) is 41.2 Å². The molecule has 0 saturated carbocycles. The first-order chi connectivity index (χ1) is 9.15. The van der Waals surface area contributed by atoms with Gasteiger partial charge in [-0.05, 0) is 25.1 Å². The van der Waals surface area contributed by atoms with Crippen molar-refractivity contribution in [2.75, 3.05) is 18.6 Å². The lowest BCUT2D eigenvalue weighted by molar-refractivity contribution is 0.0595. The van der Waals surface area contributed by atoms with E-state index < -0.39 is 5.97 Å². The summed E-state index contributed by atoms with van der Waals surface area (Å²) in [5.74, 6) is -0.779. The molecule has 0 aliphatic carbocycles. The van der Waals surface area contributed by atoms with Gasteiger partial charge in [-0.25, -0.2) is 14.2 Å². The van der Waals surface area contributed by atoms with Gasteiger partial charge in [0.15, 0.2) is 10.8 Å². The van der Waals surface area contributed by atoms with E-state index in [2.05, 4.69) is 9.72 Å². The van der Waals surface area contributed by atoms with Crippen molar-refractivity contribution in [3.8, 4) is 0 Å². The Morgan fingerprint density at radius 3 is 2.95 bits per heavy atom. The summed E-state index contributed by atoms with van der Waals surface area (Å²) in [7, 11) is 1.31. The zero-order chi connectivity index (χ0) is 13.8. The molecule has 0 aliphatic heterocycles. The highest BCUT2D eigenvalue weighted by atomic mass is 32.1. The first kappa shape index (κ1) is 13.5. The molecule has 2 aromatic rings. The summed E-state index contributed by atoms with van der Waals surface area (Å²) in [6.07, 6.45) is 0. The average Bonchev–Trinajstić information content (AvgIpc) is 2.88. The van der Waals surface area contributed by atoms with Gasteiger partial charge in [0.05, 0.1) is 7.11 Å². The second kappa shape index (κ2) is 5.79. The highest BCUT2D eigenvalue weighted by Gasteiger charge is 2.16. The van der Waals surface area contributed by atoms with Crippen LogP contribution in [-0.2, 0) is 4.74 Å². The number of halogens is 1. The summed E-state index contributed by atoms with van der Waals surface area (Å²) < 4.78 is 17.9. The van der Waals surface area contributed by atoms with Gasteiger partial charge in [-0.1, -0.05) is 6.07 Å². The van der Waals surface area contributed by atoms with Crippen LogP contribution >= 0.6 is 11.3 Å². The highest BCUT2D eigenvalue weighted by molar-refractivity contribution is 7.14. The van der Waals surface area contributed by atoms with Crippen molar-refractivity contribution in [1.29, 1.82) is 0 Å². The Hall–Kier alpha value is -1.95. The lowest BCUT2D eigenvalue weighted by Crippen LogP contribution is -2.16. The summed E-state index contributed by atoms with van der Waals surface area (Å²) in [6.45, 7) is 2.56. The second-order valence-corrected chi connectivity index (χ2v) is 4.57. The molecule has 0 spiro atoms. The number of thiazole rings is 1. The minimum absolute atomic E-state index is 0.261. The minimum atomic E-state index is -0.474. The third-order valence-corrected chi connectivity index (χ3v) is 3.42. The molecule has 0 aliphatic rings. The lowest BCUT2D eigenvalue weighted by Gasteiger charge is -2.19. The highest BCUT2D eigenvalue weighted by Crippen LogP contribution is 2.28. The fraction of sp³-hybridized carbons (Fsp3) is 0.231. The van der Waals surface area contributed by atoms with Crippen molar-refractivity contribution >= 4 is 28.1 Å². The summed E-state index contributed by atoms with van der Waals surface area (Å²) in [6, 6.07) is 6.26. The SMILES string of the molecule is CCN(c1cccc(F)c1)c1nc(C(=O)OC)cs1. The predicted octanol–water partition coefficient (Wildman–Crippen LogP) is 3.23. The quantitative estimate of drug-likeness (QED) is 0.806. The molecular weight excluding hydrogens is 267 g/mol. The number of aromatic nitrogens is 1. The van der Waals surface area contributed by atoms with Crippen LogP contribution in [0.2, 0.25) is 0 Å². The van der Waals surface area contributed by atoms with E-state index in [0.29, 0.717) is 17.4 Å². The van der Waals surface area contributed by atoms with Gasteiger partial charge < -0.3 is 9.64 Å². The van der Waals surface area contributed by atoms with Gasteiger partial charge in [0, 0.05) is 17.6 Å². The zero-order valence-electron chi connectivity index (χ0n) is 10.6. The van der Waals surface area contributed by atoms with Crippen molar-refractivity contribution in [2.45, 2.75) is 6.92 Å². The molecule has 0 fully saturated rings. The number of methoxy groups -OCH3 is 1. The number of carbonyl (C=O) groups is 1. The van der Waals surface area contributed by atoms with Gasteiger partial charge in [-0.15, -0.1) is 11.3 Å². The van der Waals surface area contributed by atoms with Gasteiger partial charge >= 0.3 is 5.97 Å². The van der Waals surface area contributed by atoms with Gasteiger partial charge in [0.25, 0.3) is 0 Å². The van der Waals surface area contributed by atoms with Gasteiger partial charge in [0.1, 0.15) is 5.82 Å². The summed E-state index contributed by atoms with van der Waals surface area (Å²) >= 11 is 1.32. The van der Waals surface area contributed by atoms with Crippen molar-refractivity contribution in [2.24, 2.45) is 0 Å². The van der Waals surface area contributed by atoms with Crippen LogP contribution in [-0.4, -0.2) is 24.6 Å². The van der Waals surface area contributed by atoms with Crippen LogP contribution in [0.5, 0.6) is 0 Å². The molecule has 2 rings (SSSR count). The maximum absolute atomic E-state index is 13.2. The minimum Gasteiger partial charge on any atom is -0.464 e. The molecule has 19 heavy (non-hydrogen) atoms. The summed E-state index contributed by atoms with van der Waals surface area (Å²) in [5, 5.41) is 2.26. The number of nitrogens with zero attached hydrogens (tertiary/aromatic N) is 2. The number of rotatable bonds is 4. The lowest BCUT2D eigenvalue weighted by atomic mass is 10.3. The molecule has 1 heterocycles. The van der Waals surface area contributed by atoms with E-state index in [9.17, 15) is 9.18 Å². The van der Waals surface area contributed by atoms with E-state index in [0.717, 1.165) is 0 Å². The third-order valence-electron chi connectivity index (χ3n) is 2.55. The Labute approximate surface area is 114 Å². The molecule has 0 saturated heterocycles. The van der Waals surface area contributed by atoms with Crippen LogP contribution in [0.25, 0.3) is 0 Å². The standard InChI is InChI=1S/C13H13FN2O2S/c1-3-16(10-6-4-5-9(14)7-10)13-15-11(8-19-13)12(17)18-2/h4-8H,3H2,1-2H3. The molecule has 0 unspecified atom stereocenters. The van der Waals surface area contributed by atoms with Gasteiger partial charge in [-0.2, -0.15) is 0 Å². The number of hydrogen-bond acceptors (Lipinski definition) is 5. The van der Waals surface area contributed by atoms with Crippen LogP contribution in [0, 0.1) is 5.82 Å². The van der Waals surface area contributed by atoms with Crippen molar-refractivity contribution in [1.82, 2.24) is 4.98 Å². The first-order valence-corrected chi connectivity index (χ1v) is 6.60. The van der Waals surface area contributed by atoms with Crippen molar-refractivity contribution in [3.63, 3.8) is 0 Å². The molecule has 4 nitrogen and oxygen atoms in total. The molecule has 0 N–H and O–H groups in total. The fourth-order valence-electron chi connectivity index (χ4n) is 1.66. The van der Waals surface area contributed by atoms with Crippen LogP contribution in [0.4, 0.5) is 15.2 Å². The molecule has 1 aromatic carbocycles. The smallest absolute Gasteiger partial charge is 0.357 e. The molecule has 0 amide bonds. The fourth-order valence-corrected chi connectivity index (χ4v) is 2.54.